The number of carbonyl (C=O) groups excluding carboxylic acids is 1. The van der Waals surface area contributed by atoms with Gasteiger partial charge in [0.15, 0.2) is 0 Å². The maximum atomic E-state index is 12.9. The van der Waals surface area contributed by atoms with E-state index in [0.29, 0.717) is 17.8 Å². The summed E-state index contributed by atoms with van der Waals surface area (Å²) < 4.78 is 0. The van der Waals surface area contributed by atoms with Crippen molar-refractivity contribution in [1.29, 1.82) is 0 Å². The first-order chi connectivity index (χ1) is 11.8. The molecular weight excluding hydrogens is 302 g/mol. The van der Waals surface area contributed by atoms with Crippen molar-refractivity contribution in [2.75, 3.05) is 13.2 Å². The molecule has 3 rings (SSSR count). The van der Waals surface area contributed by atoms with Gasteiger partial charge in [0.25, 0.3) is 5.91 Å². The Bertz CT molecular complexity index is 785. The monoisotopic (exact) mass is 321 g/mol. The summed E-state index contributed by atoms with van der Waals surface area (Å²) in [5.41, 5.74) is 3.12. The molecule has 0 aliphatic carbocycles. The van der Waals surface area contributed by atoms with Gasteiger partial charge in [0, 0.05) is 18.7 Å². The van der Waals surface area contributed by atoms with E-state index < -0.39 is 0 Å². The highest BCUT2D eigenvalue weighted by Crippen LogP contribution is 2.22. The van der Waals surface area contributed by atoms with Crippen LogP contribution in [0.25, 0.3) is 11.3 Å². The lowest BCUT2D eigenvalue weighted by Gasteiger charge is -2.22. The summed E-state index contributed by atoms with van der Waals surface area (Å²) in [4.78, 5) is 14.6. The van der Waals surface area contributed by atoms with E-state index in [2.05, 4.69) is 10.2 Å². The Morgan fingerprint density at radius 1 is 1.04 bits per heavy atom. The van der Waals surface area contributed by atoms with Gasteiger partial charge in [-0.3, -0.25) is 9.89 Å². The molecule has 0 aliphatic rings. The van der Waals surface area contributed by atoms with Crippen molar-refractivity contribution in [1.82, 2.24) is 15.1 Å². The third-order valence-electron chi connectivity index (χ3n) is 3.81. The number of benzene rings is 2. The van der Waals surface area contributed by atoms with E-state index in [-0.39, 0.29) is 19.1 Å². The van der Waals surface area contributed by atoms with Crippen LogP contribution in [0.2, 0.25) is 0 Å². The van der Waals surface area contributed by atoms with Crippen LogP contribution in [0.4, 0.5) is 0 Å². The van der Waals surface area contributed by atoms with E-state index in [4.69, 9.17) is 0 Å². The third kappa shape index (κ3) is 3.52. The lowest BCUT2D eigenvalue weighted by Crippen LogP contribution is -2.33. The van der Waals surface area contributed by atoms with Gasteiger partial charge in [-0.05, 0) is 5.56 Å². The van der Waals surface area contributed by atoms with Crippen molar-refractivity contribution >= 4 is 5.91 Å². The van der Waals surface area contributed by atoms with Crippen LogP contribution in [0.5, 0.6) is 0 Å². The number of H-pyrrole nitrogens is 1. The Labute approximate surface area is 140 Å². The van der Waals surface area contributed by atoms with Crippen molar-refractivity contribution in [2.24, 2.45) is 0 Å². The molecule has 2 N–H and O–H groups in total. The van der Waals surface area contributed by atoms with Gasteiger partial charge in [0.05, 0.1) is 24.1 Å². The number of aliphatic hydroxyl groups is 1. The van der Waals surface area contributed by atoms with Gasteiger partial charge in [-0.2, -0.15) is 5.10 Å². The molecule has 0 aliphatic heterocycles. The molecule has 0 bridgehead atoms. The van der Waals surface area contributed by atoms with Gasteiger partial charge < -0.3 is 10.0 Å². The maximum absolute atomic E-state index is 12.9. The topological polar surface area (TPSA) is 69.2 Å². The predicted octanol–water partition coefficient (Wildman–Crippen LogP) is 2.71. The molecule has 5 nitrogen and oxygen atoms in total. The van der Waals surface area contributed by atoms with Crippen molar-refractivity contribution in [3.8, 4) is 11.3 Å². The average Bonchev–Trinajstić information content (AvgIpc) is 3.12. The zero-order valence-corrected chi connectivity index (χ0v) is 13.2. The van der Waals surface area contributed by atoms with Crippen LogP contribution in [-0.2, 0) is 6.54 Å². The molecule has 0 fully saturated rings. The van der Waals surface area contributed by atoms with Crippen LogP contribution < -0.4 is 0 Å². The lowest BCUT2D eigenvalue weighted by atomic mass is 10.1. The summed E-state index contributed by atoms with van der Waals surface area (Å²) in [5, 5.41) is 16.3. The van der Waals surface area contributed by atoms with Gasteiger partial charge in [0.1, 0.15) is 0 Å². The first kappa shape index (κ1) is 16.0. The quantitative estimate of drug-likeness (QED) is 0.733. The van der Waals surface area contributed by atoms with E-state index in [1.807, 2.05) is 60.7 Å². The molecule has 0 atom stereocenters. The molecule has 122 valence electrons. The molecule has 2 aromatic carbocycles. The highest BCUT2D eigenvalue weighted by molar-refractivity contribution is 5.99. The van der Waals surface area contributed by atoms with Crippen molar-refractivity contribution in [3.63, 3.8) is 0 Å². The van der Waals surface area contributed by atoms with Gasteiger partial charge in [-0.25, -0.2) is 0 Å². The van der Waals surface area contributed by atoms with Crippen LogP contribution >= 0.6 is 0 Å². The molecule has 5 heteroatoms. The maximum Gasteiger partial charge on any atom is 0.258 e. The largest absolute Gasteiger partial charge is 0.395 e. The van der Waals surface area contributed by atoms with Crippen molar-refractivity contribution in [2.45, 2.75) is 6.54 Å². The zero-order valence-electron chi connectivity index (χ0n) is 13.2. The molecule has 0 unspecified atom stereocenters. The fourth-order valence-electron chi connectivity index (χ4n) is 2.62. The molecule has 24 heavy (non-hydrogen) atoms. The first-order valence-electron chi connectivity index (χ1n) is 7.82. The fourth-order valence-corrected chi connectivity index (χ4v) is 2.62. The normalized spacial score (nSPS) is 10.5. The smallest absolute Gasteiger partial charge is 0.258 e. The molecule has 0 spiro atoms. The fraction of sp³-hybridized carbons (Fsp3) is 0.158. The number of hydrogen-bond acceptors (Lipinski definition) is 3. The highest BCUT2D eigenvalue weighted by Gasteiger charge is 2.21. The molecule has 0 saturated heterocycles. The molecule has 0 saturated carbocycles. The Balaban J connectivity index is 1.87. The molecular formula is C19H19N3O2. The number of nitrogens with zero attached hydrogens (tertiary/aromatic N) is 2. The second-order valence-electron chi connectivity index (χ2n) is 5.46. The standard InChI is InChI=1S/C19H19N3O2/c23-12-11-22(14-15-7-3-1-4-8-15)19(24)17-13-20-21-18(17)16-9-5-2-6-10-16/h1-10,13,23H,11-12,14H2,(H,20,21). The van der Waals surface area contributed by atoms with E-state index in [1.54, 1.807) is 11.1 Å². The lowest BCUT2D eigenvalue weighted by molar-refractivity contribution is 0.0708. The van der Waals surface area contributed by atoms with Gasteiger partial charge in [-0.1, -0.05) is 60.7 Å². The summed E-state index contributed by atoms with van der Waals surface area (Å²) in [6.07, 6.45) is 1.54. The van der Waals surface area contributed by atoms with Crippen LogP contribution in [0.1, 0.15) is 15.9 Å². The van der Waals surface area contributed by atoms with E-state index in [1.165, 1.54) is 0 Å². The summed E-state index contributed by atoms with van der Waals surface area (Å²) in [6.45, 7) is 0.629. The van der Waals surface area contributed by atoms with Crippen molar-refractivity contribution < 1.29 is 9.90 Å². The number of aromatic amines is 1. The summed E-state index contributed by atoms with van der Waals surface area (Å²) in [5.74, 6) is -0.152. The van der Waals surface area contributed by atoms with Crippen LogP contribution in [0.3, 0.4) is 0 Å². The minimum Gasteiger partial charge on any atom is -0.395 e. The third-order valence-corrected chi connectivity index (χ3v) is 3.81. The van der Waals surface area contributed by atoms with E-state index >= 15 is 0 Å². The number of hydrogen-bond donors (Lipinski definition) is 2. The number of carbonyl (C=O) groups is 1. The second kappa shape index (κ2) is 7.57. The Hall–Kier alpha value is -2.92. The molecule has 1 amide bonds. The molecule has 1 heterocycles. The van der Waals surface area contributed by atoms with Gasteiger partial charge >= 0.3 is 0 Å². The van der Waals surface area contributed by atoms with Crippen LogP contribution in [-0.4, -0.2) is 39.3 Å². The number of amides is 1. The average molecular weight is 321 g/mol. The van der Waals surface area contributed by atoms with Crippen LogP contribution in [0, 0.1) is 0 Å². The van der Waals surface area contributed by atoms with Gasteiger partial charge in [0.2, 0.25) is 0 Å². The second-order valence-corrected chi connectivity index (χ2v) is 5.46. The summed E-state index contributed by atoms with van der Waals surface area (Å²) in [6, 6.07) is 19.3. The zero-order chi connectivity index (χ0) is 16.8. The van der Waals surface area contributed by atoms with Gasteiger partial charge in [-0.15, -0.1) is 0 Å². The minimum absolute atomic E-state index is 0.0862. The summed E-state index contributed by atoms with van der Waals surface area (Å²) in [7, 11) is 0. The van der Waals surface area contributed by atoms with E-state index in [0.717, 1.165) is 11.1 Å². The van der Waals surface area contributed by atoms with Crippen LogP contribution in [0.15, 0.2) is 66.9 Å². The number of nitrogens with one attached hydrogen (secondary N) is 1. The molecule has 0 radical (unpaired) electrons. The summed E-state index contributed by atoms with van der Waals surface area (Å²) >= 11 is 0. The highest BCUT2D eigenvalue weighted by atomic mass is 16.3. The Kier molecular flexibility index (Phi) is 5.03. The SMILES string of the molecule is O=C(c1cn[nH]c1-c1ccccc1)N(CCO)Cc1ccccc1. The first-order valence-corrected chi connectivity index (χ1v) is 7.82. The minimum atomic E-state index is -0.152. The predicted molar refractivity (Wildman–Crippen MR) is 92.3 cm³/mol. The number of aromatic nitrogens is 2. The molecule has 3 aromatic rings. The van der Waals surface area contributed by atoms with Crippen molar-refractivity contribution in [3.05, 3.63) is 78.0 Å². The number of rotatable bonds is 6. The Morgan fingerprint density at radius 2 is 1.71 bits per heavy atom. The molecule has 1 aromatic heterocycles. The number of aliphatic hydroxyl groups excluding tert-OH is 1. The Morgan fingerprint density at radius 3 is 2.38 bits per heavy atom. The van der Waals surface area contributed by atoms with E-state index in [9.17, 15) is 9.90 Å².